The molecule has 0 saturated heterocycles. The molecule has 0 bridgehead atoms. The van der Waals surface area contributed by atoms with Gasteiger partial charge in [0.2, 0.25) is 0 Å². The van der Waals surface area contributed by atoms with E-state index in [1.165, 1.54) is 6.07 Å². The van der Waals surface area contributed by atoms with E-state index in [0.717, 1.165) is 0 Å². The maximum absolute atomic E-state index is 10.9. The summed E-state index contributed by atoms with van der Waals surface area (Å²) in [7, 11) is 0. The highest BCUT2D eigenvalue weighted by atomic mass is 16.5. The standard InChI is InChI=1S/C7H9NO3.C2H6/c1-3-10-7(9)6-4-5(2)11-8-6;1-2/h4H,3H2,1-2H3;1-2H3. The molecule has 0 radical (unpaired) electrons. The number of nitrogens with zero attached hydrogens (tertiary/aromatic N) is 1. The molecule has 1 aromatic heterocycles. The van der Waals surface area contributed by atoms with Crippen LogP contribution in [0.5, 0.6) is 0 Å². The highest BCUT2D eigenvalue weighted by molar-refractivity contribution is 5.87. The predicted molar refractivity (Wildman–Crippen MR) is 48.5 cm³/mol. The lowest BCUT2D eigenvalue weighted by Gasteiger charge is -1.94. The van der Waals surface area contributed by atoms with Crippen LogP contribution in [0.15, 0.2) is 10.6 Å². The van der Waals surface area contributed by atoms with Crippen LogP contribution < -0.4 is 0 Å². The summed E-state index contributed by atoms with van der Waals surface area (Å²) in [6.07, 6.45) is 0. The van der Waals surface area contributed by atoms with Crippen LogP contribution in [0.25, 0.3) is 0 Å². The molecule has 0 aromatic carbocycles. The Labute approximate surface area is 77.9 Å². The van der Waals surface area contributed by atoms with E-state index in [0.29, 0.717) is 12.4 Å². The Balaban J connectivity index is 0.000000671. The van der Waals surface area contributed by atoms with Gasteiger partial charge in [-0.1, -0.05) is 19.0 Å². The van der Waals surface area contributed by atoms with Gasteiger partial charge in [-0.25, -0.2) is 4.79 Å². The van der Waals surface area contributed by atoms with Gasteiger partial charge in [-0.05, 0) is 13.8 Å². The second kappa shape index (κ2) is 6.22. The Bertz CT molecular complexity index is 255. The Morgan fingerprint density at radius 2 is 2.23 bits per heavy atom. The van der Waals surface area contributed by atoms with E-state index in [-0.39, 0.29) is 5.69 Å². The number of rotatable bonds is 2. The van der Waals surface area contributed by atoms with Crippen molar-refractivity contribution >= 4 is 5.97 Å². The van der Waals surface area contributed by atoms with Crippen molar-refractivity contribution in [3.63, 3.8) is 0 Å². The number of ether oxygens (including phenoxy) is 1. The quantitative estimate of drug-likeness (QED) is 0.663. The van der Waals surface area contributed by atoms with Gasteiger partial charge < -0.3 is 9.26 Å². The second-order valence-corrected chi connectivity index (χ2v) is 2.04. The van der Waals surface area contributed by atoms with Gasteiger partial charge in [-0.2, -0.15) is 0 Å². The molecule has 0 aliphatic heterocycles. The molecule has 0 atom stereocenters. The molecule has 0 amide bonds. The summed E-state index contributed by atoms with van der Waals surface area (Å²) < 4.78 is 9.36. The minimum Gasteiger partial charge on any atom is -0.461 e. The third-order valence-electron chi connectivity index (χ3n) is 1.11. The van der Waals surface area contributed by atoms with Crippen molar-refractivity contribution in [2.75, 3.05) is 6.61 Å². The molecule has 0 spiro atoms. The van der Waals surface area contributed by atoms with E-state index in [1.807, 2.05) is 13.8 Å². The van der Waals surface area contributed by atoms with Gasteiger partial charge >= 0.3 is 5.97 Å². The smallest absolute Gasteiger partial charge is 0.360 e. The van der Waals surface area contributed by atoms with Crippen LogP contribution >= 0.6 is 0 Å². The molecule has 0 fully saturated rings. The number of esters is 1. The first kappa shape index (κ1) is 11.7. The Morgan fingerprint density at radius 3 is 2.62 bits per heavy atom. The van der Waals surface area contributed by atoms with Crippen LogP contribution in [0.1, 0.15) is 37.0 Å². The molecule has 1 rings (SSSR count). The van der Waals surface area contributed by atoms with Crippen molar-refractivity contribution in [1.82, 2.24) is 5.16 Å². The maximum atomic E-state index is 10.9. The lowest BCUT2D eigenvalue weighted by molar-refractivity contribution is 0.0514. The van der Waals surface area contributed by atoms with E-state index in [2.05, 4.69) is 14.4 Å². The maximum Gasteiger partial charge on any atom is 0.360 e. The highest BCUT2D eigenvalue weighted by Crippen LogP contribution is 2.02. The normalized spacial score (nSPS) is 8.62. The number of carbonyl (C=O) groups excluding carboxylic acids is 1. The van der Waals surface area contributed by atoms with Gasteiger partial charge in [-0.15, -0.1) is 0 Å². The number of aromatic nitrogens is 1. The summed E-state index contributed by atoms with van der Waals surface area (Å²) in [5.41, 5.74) is 0.226. The molecule has 0 N–H and O–H groups in total. The Morgan fingerprint density at radius 1 is 1.62 bits per heavy atom. The summed E-state index contributed by atoms with van der Waals surface area (Å²) in [5.74, 6) is 0.164. The van der Waals surface area contributed by atoms with Crippen molar-refractivity contribution in [3.05, 3.63) is 17.5 Å². The van der Waals surface area contributed by atoms with Gasteiger partial charge in [0.1, 0.15) is 5.76 Å². The molecule has 0 unspecified atom stereocenters. The van der Waals surface area contributed by atoms with Gasteiger partial charge in [0.05, 0.1) is 6.61 Å². The molecule has 74 valence electrons. The largest absolute Gasteiger partial charge is 0.461 e. The van der Waals surface area contributed by atoms with E-state index in [1.54, 1.807) is 13.8 Å². The monoisotopic (exact) mass is 185 g/mol. The molecule has 1 aromatic rings. The Hall–Kier alpha value is -1.32. The minimum atomic E-state index is -0.440. The lowest BCUT2D eigenvalue weighted by Crippen LogP contribution is -2.04. The number of hydrogen-bond acceptors (Lipinski definition) is 4. The number of hydrogen-bond donors (Lipinski definition) is 0. The first-order valence-electron chi connectivity index (χ1n) is 4.34. The minimum absolute atomic E-state index is 0.226. The summed E-state index contributed by atoms with van der Waals surface area (Å²) in [5, 5.41) is 3.48. The molecule has 4 heteroatoms. The SMILES string of the molecule is CC.CCOC(=O)c1cc(C)on1. The second-order valence-electron chi connectivity index (χ2n) is 2.04. The zero-order chi connectivity index (χ0) is 10.3. The van der Waals surface area contributed by atoms with Gasteiger partial charge in [0, 0.05) is 6.07 Å². The summed E-state index contributed by atoms with van der Waals surface area (Å²) in [4.78, 5) is 10.9. The zero-order valence-electron chi connectivity index (χ0n) is 8.46. The summed E-state index contributed by atoms with van der Waals surface area (Å²) >= 11 is 0. The summed E-state index contributed by atoms with van der Waals surface area (Å²) in [6.45, 7) is 7.81. The Kier molecular flexibility index (Phi) is 5.59. The van der Waals surface area contributed by atoms with Crippen LogP contribution in [0.4, 0.5) is 0 Å². The molecule has 0 aliphatic rings. The first-order valence-corrected chi connectivity index (χ1v) is 4.34. The highest BCUT2D eigenvalue weighted by Gasteiger charge is 2.10. The van der Waals surface area contributed by atoms with Crippen LogP contribution in [-0.4, -0.2) is 17.7 Å². The lowest BCUT2D eigenvalue weighted by atomic mass is 10.4. The number of carbonyl (C=O) groups is 1. The van der Waals surface area contributed by atoms with Crippen LogP contribution in [0.2, 0.25) is 0 Å². The summed E-state index contributed by atoms with van der Waals surface area (Å²) in [6, 6.07) is 1.54. The van der Waals surface area contributed by atoms with E-state index < -0.39 is 5.97 Å². The van der Waals surface area contributed by atoms with Crippen molar-refractivity contribution in [2.24, 2.45) is 0 Å². The number of aryl methyl sites for hydroxylation is 1. The van der Waals surface area contributed by atoms with Gasteiger partial charge in [-0.3, -0.25) is 0 Å². The molecule has 0 aliphatic carbocycles. The molecule has 1 heterocycles. The fourth-order valence-electron chi connectivity index (χ4n) is 0.668. The van der Waals surface area contributed by atoms with Crippen molar-refractivity contribution in [3.8, 4) is 0 Å². The van der Waals surface area contributed by atoms with Gasteiger partial charge in [0.15, 0.2) is 5.69 Å². The zero-order valence-corrected chi connectivity index (χ0v) is 8.46. The van der Waals surface area contributed by atoms with Crippen LogP contribution in [0.3, 0.4) is 0 Å². The molecule has 0 saturated carbocycles. The third kappa shape index (κ3) is 3.73. The molecule has 4 nitrogen and oxygen atoms in total. The van der Waals surface area contributed by atoms with E-state index >= 15 is 0 Å². The average molecular weight is 185 g/mol. The van der Waals surface area contributed by atoms with Gasteiger partial charge in [0.25, 0.3) is 0 Å². The van der Waals surface area contributed by atoms with Crippen molar-refractivity contribution in [1.29, 1.82) is 0 Å². The van der Waals surface area contributed by atoms with E-state index in [9.17, 15) is 4.79 Å². The molecular weight excluding hydrogens is 170 g/mol. The van der Waals surface area contributed by atoms with Crippen LogP contribution in [0, 0.1) is 6.92 Å². The fourth-order valence-corrected chi connectivity index (χ4v) is 0.668. The van der Waals surface area contributed by atoms with Crippen molar-refractivity contribution in [2.45, 2.75) is 27.7 Å². The topological polar surface area (TPSA) is 52.3 Å². The van der Waals surface area contributed by atoms with Crippen molar-refractivity contribution < 1.29 is 14.1 Å². The third-order valence-corrected chi connectivity index (χ3v) is 1.11. The molecule has 13 heavy (non-hydrogen) atoms. The predicted octanol–water partition coefficient (Wildman–Crippen LogP) is 2.19. The molecular formula is C9H15NO3. The first-order chi connectivity index (χ1) is 6.24. The fraction of sp³-hybridized carbons (Fsp3) is 0.556. The average Bonchev–Trinajstić information content (AvgIpc) is 2.56. The van der Waals surface area contributed by atoms with Crippen LogP contribution in [-0.2, 0) is 4.74 Å². The van der Waals surface area contributed by atoms with E-state index in [4.69, 9.17) is 0 Å².